The van der Waals surface area contributed by atoms with Crippen LogP contribution in [-0.4, -0.2) is 20.8 Å². The maximum atomic E-state index is 12.5. The second-order valence-corrected chi connectivity index (χ2v) is 6.08. The van der Waals surface area contributed by atoms with Gasteiger partial charge >= 0.3 is 5.97 Å². The van der Waals surface area contributed by atoms with Crippen LogP contribution in [0.4, 0.5) is 0 Å². The van der Waals surface area contributed by atoms with E-state index in [1.54, 1.807) is 24.3 Å². The molecule has 136 valence electrons. The third-order valence-corrected chi connectivity index (χ3v) is 4.68. The normalized spacial score (nSPS) is 14.8. The van der Waals surface area contributed by atoms with E-state index in [-0.39, 0.29) is 11.5 Å². The number of carbonyl (C=O) groups excluding carboxylic acids is 1. The monoisotopic (exact) mass is 384 g/mol. The SMILES string of the molecule is O=C1OC2(c3ccc(O)cc3Oc3cc(O)ccc32)c2ccccc21.OCl. The van der Waals surface area contributed by atoms with Crippen molar-refractivity contribution in [1.29, 1.82) is 0 Å². The Labute approximate surface area is 159 Å². The molecule has 0 amide bonds. The molecule has 0 fully saturated rings. The minimum absolute atomic E-state index is 0.0371. The molecule has 0 bridgehead atoms. The van der Waals surface area contributed by atoms with E-state index in [1.165, 1.54) is 24.3 Å². The molecule has 27 heavy (non-hydrogen) atoms. The van der Waals surface area contributed by atoms with Crippen LogP contribution < -0.4 is 4.74 Å². The third-order valence-electron chi connectivity index (χ3n) is 4.68. The predicted molar refractivity (Wildman–Crippen MR) is 96.1 cm³/mol. The van der Waals surface area contributed by atoms with Gasteiger partial charge in [0.2, 0.25) is 0 Å². The Morgan fingerprint density at radius 3 is 1.93 bits per heavy atom. The number of phenolic OH excluding ortho intramolecular Hbond substituents is 2. The van der Waals surface area contributed by atoms with E-state index in [2.05, 4.69) is 11.9 Å². The highest BCUT2D eigenvalue weighted by atomic mass is 35.5. The van der Waals surface area contributed by atoms with Crippen molar-refractivity contribution in [3.63, 3.8) is 0 Å². The lowest BCUT2D eigenvalue weighted by atomic mass is 9.77. The van der Waals surface area contributed by atoms with E-state index in [1.807, 2.05) is 12.1 Å². The van der Waals surface area contributed by atoms with E-state index in [4.69, 9.17) is 14.1 Å². The number of carbonyl (C=O) groups is 1. The summed E-state index contributed by atoms with van der Waals surface area (Å²) < 4.78 is 18.2. The molecule has 2 aliphatic rings. The van der Waals surface area contributed by atoms with Crippen molar-refractivity contribution in [3.8, 4) is 23.0 Å². The predicted octanol–water partition coefficient (Wildman–Crippen LogP) is 3.80. The summed E-state index contributed by atoms with van der Waals surface area (Å²) in [5, 5.41) is 19.7. The molecule has 0 unspecified atom stereocenters. The summed E-state index contributed by atoms with van der Waals surface area (Å²) in [6, 6.07) is 16.6. The first kappa shape index (κ1) is 17.2. The number of hydrogen-bond acceptors (Lipinski definition) is 6. The van der Waals surface area contributed by atoms with Crippen LogP contribution in [0, 0.1) is 0 Å². The zero-order valence-corrected chi connectivity index (χ0v) is 14.5. The van der Waals surface area contributed by atoms with Crippen LogP contribution in [0.2, 0.25) is 0 Å². The molecule has 3 N–H and O–H groups in total. The molecule has 7 heteroatoms. The first-order valence-electron chi connectivity index (χ1n) is 7.94. The summed E-state index contributed by atoms with van der Waals surface area (Å²) in [6.07, 6.45) is 0. The van der Waals surface area contributed by atoms with Crippen LogP contribution >= 0.6 is 11.9 Å². The quantitative estimate of drug-likeness (QED) is 0.510. The molecule has 5 rings (SSSR count). The van der Waals surface area contributed by atoms with Gasteiger partial charge in [0, 0.05) is 28.8 Å². The molecule has 0 aliphatic carbocycles. The van der Waals surface area contributed by atoms with Crippen molar-refractivity contribution in [2.75, 3.05) is 0 Å². The van der Waals surface area contributed by atoms with Crippen LogP contribution in [0.1, 0.15) is 27.0 Å². The molecule has 0 atom stereocenters. The van der Waals surface area contributed by atoms with Gasteiger partial charge in [-0.25, -0.2) is 4.79 Å². The number of halogens is 1. The highest BCUT2D eigenvalue weighted by Gasteiger charge is 2.53. The van der Waals surface area contributed by atoms with Crippen LogP contribution in [0.5, 0.6) is 23.0 Å². The minimum Gasteiger partial charge on any atom is -0.508 e. The van der Waals surface area contributed by atoms with Crippen molar-refractivity contribution < 1.29 is 29.1 Å². The fraction of sp³-hybridized carbons (Fsp3) is 0.0500. The summed E-state index contributed by atoms with van der Waals surface area (Å²) in [5.74, 6) is 0.408. The van der Waals surface area contributed by atoms with Crippen LogP contribution in [0.25, 0.3) is 0 Å². The number of rotatable bonds is 0. The second-order valence-electron chi connectivity index (χ2n) is 6.08. The molecule has 6 nitrogen and oxygen atoms in total. The first-order valence-corrected chi connectivity index (χ1v) is 8.28. The Kier molecular flexibility index (Phi) is 3.95. The number of esters is 1. The maximum absolute atomic E-state index is 12.5. The first-order chi connectivity index (χ1) is 13.1. The zero-order chi connectivity index (χ0) is 19.2. The van der Waals surface area contributed by atoms with Crippen LogP contribution in [-0.2, 0) is 10.3 Å². The number of phenols is 2. The van der Waals surface area contributed by atoms with Crippen LogP contribution in [0.3, 0.4) is 0 Å². The Balaban J connectivity index is 0.000000872. The van der Waals surface area contributed by atoms with Gasteiger partial charge in [-0.05, 0) is 30.3 Å². The number of ether oxygens (including phenoxy) is 2. The number of benzene rings is 3. The highest BCUT2D eigenvalue weighted by molar-refractivity contribution is 6.04. The molecule has 0 saturated heterocycles. The van der Waals surface area contributed by atoms with Gasteiger partial charge in [0.1, 0.15) is 23.0 Å². The summed E-state index contributed by atoms with van der Waals surface area (Å²) in [4.78, 5) is 12.5. The fourth-order valence-corrected chi connectivity index (χ4v) is 3.65. The Morgan fingerprint density at radius 1 is 0.778 bits per heavy atom. The summed E-state index contributed by atoms with van der Waals surface area (Å²) >= 11 is 3.64. The van der Waals surface area contributed by atoms with Crippen molar-refractivity contribution in [2.24, 2.45) is 0 Å². The lowest BCUT2D eigenvalue weighted by Crippen LogP contribution is -2.32. The van der Waals surface area contributed by atoms with Gasteiger partial charge in [-0.3, -0.25) is 4.66 Å². The van der Waals surface area contributed by atoms with Gasteiger partial charge in [0.25, 0.3) is 0 Å². The fourth-order valence-electron chi connectivity index (χ4n) is 3.65. The largest absolute Gasteiger partial charge is 0.508 e. The Bertz CT molecular complexity index is 1010. The number of hydrogen-bond donors (Lipinski definition) is 3. The summed E-state index contributed by atoms with van der Waals surface area (Å²) in [6.45, 7) is 0. The van der Waals surface area contributed by atoms with Gasteiger partial charge in [-0.2, -0.15) is 0 Å². The van der Waals surface area contributed by atoms with Crippen LogP contribution in [0.15, 0.2) is 60.7 Å². The molecule has 0 radical (unpaired) electrons. The van der Waals surface area contributed by atoms with Gasteiger partial charge in [-0.15, -0.1) is 0 Å². The molecule has 1 spiro atoms. The van der Waals surface area contributed by atoms with Crippen molar-refractivity contribution in [1.82, 2.24) is 0 Å². The summed E-state index contributed by atoms with van der Waals surface area (Å²) in [7, 11) is 0. The third kappa shape index (κ3) is 2.34. The Morgan fingerprint density at radius 2 is 1.33 bits per heavy atom. The molecular weight excluding hydrogens is 372 g/mol. The molecule has 2 aliphatic heterocycles. The Hall–Kier alpha value is -3.22. The van der Waals surface area contributed by atoms with E-state index in [9.17, 15) is 15.0 Å². The average molecular weight is 385 g/mol. The topological polar surface area (TPSA) is 96.2 Å². The van der Waals surface area contributed by atoms with E-state index in [0.717, 1.165) is 0 Å². The molecule has 3 aromatic carbocycles. The maximum Gasteiger partial charge on any atom is 0.340 e. The molecule has 3 aromatic rings. The minimum atomic E-state index is -1.17. The molecule has 0 aromatic heterocycles. The number of fused-ring (bicyclic) bond motifs is 6. The molecule has 2 heterocycles. The zero-order valence-electron chi connectivity index (χ0n) is 13.7. The van der Waals surface area contributed by atoms with Gasteiger partial charge in [-0.1, -0.05) is 18.2 Å². The van der Waals surface area contributed by atoms with Gasteiger partial charge < -0.3 is 19.7 Å². The van der Waals surface area contributed by atoms with Gasteiger partial charge in [0.15, 0.2) is 5.60 Å². The van der Waals surface area contributed by atoms with Crippen molar-refractivity contribution in [3.05, 3.63) is 82.9 Å². The van der Waals surface area contributed by atoms with E-state index >= 15 is 0 Å². The molecule has 0 saturated carbocycles. The van der Waals surface area contributed by atoms with E-state index in [0.29, 0.717) is 33.8 Å². The lowest BCUT2D eigenvalue weighted by Gasteiger charge is -2.36. The number of aromatic hydroxyl groups is 2. The summed E-state index contributed by atoms with van der Waals surface area (Å²) in [5.41, 5.74) is 1.28. The van der Waals surface area contributed by atoms with Crippen molar-refractivity contribution in [2.45, 2.75) is 5.60 Å². The second kappa shape index (κ2) is 6.19. The lowest BCUT2D eigenvalue weighted by molar-refractivity contribution is 0.0224. The smallest absolute Gasteiger partial charge is 0.340 e. The average Bonchev–Trinajstić information content (AvgIpc) is 2.97. The standard InChI is InChI=1S/C20H12O5.ClHO/c21-11-5-7-15-17(9-11)24-18-10-12(22)6-8-16(18)20(15)14-4-2-1-3-13(14)19(23)25-20;1-2/h1-10,21-22H;2H. The van der Waals surface area contributed by atoms with Gasteiger partial charge in [0.05, 0.1) is 17.4 Å². The van der Waals surface area contributed by atoms with Crippen molar-refractivity contribution >= 4 is 17.8 Å². The molecular formula is C20H13ClO6. The highest BCUT2D eigenvalue weighted by Crippen LogP contribution is 2.56. The van der Waals surface area contributed by atoms with E-state index < -0.39 is 11.6 Å².